The Balaban J connectivity index is 1.73. The molecule has 88 valence electrons. The SMILES string of the molecule is Fc1ccccc1CNCC1CCOCC1. The number of nitrogens with one attached hydrogen (secondary N) is 1. The van der Waals surface area contributed by atoms with Crippen LogP contribution in [0.5, 0.6) is 0 Å². The lowest BCUT2D eigenvalue weighted by molar-refractivity contribution is 0.0662. The van der Waals surface area contributed by atoms with Crippen LogP contribution in [0.3, 0.4) is 0 Å². The second-order valence-corrected chi connectivity index (χ2v) is 4.28. The molecule has 3 heteroatoms. The molecule has 0 unspecified atom stereocenters. The molecule has 1 heterocycles. The molecular formula is C13H18FNO. The Morgan fingerprint density at radius 1 is 1.25 bits per heavy atom. The lowest BCUT2D eigenvalue weighted by Gasteiger charge is -2.22. The van der Waals surface area contributed by atoms with Crippen LogP contribution in [0.25, 0.3) is 0 Å². The molecule has 1 aromatic carbocycles. The van der Waals surface area contributed by atoms with Crippen molar-refractivity contribution in [3.63, 3.8) is 0 Å². The highest BCUT2D eigenvalue weighted by atomic mass is 19.1. The average molecular weight is 223 g/mol. The van der Waals surface area contributed by atoms with Crippen LogP contribution >= 0.6 is 0 Å². The average Bonchev–Trinajstić information content (AvgIpc) is 2.33. The highest BCUT2D eigenvalue weighted by molar-refractivity contribution is 5.16. The molecule has 0 aliphatic carbocycles. The van der Waals surface area contributed by atoms with E-state index >= 15 is 0 Å². The summed E-state index contributed by atoms with van der Waals surface area (Å²) in [6, 6.07) is 6.92. The van der Waals surface area contributed by atoms with E-state index < -0.39 is 0 Å². The summed E-state index contributed by atoms with van der Waals surface area (Å²) < 4.78 is 18.6. The Kier molecular flexibility index (Phi) is 4.31. The minimum absolute atomic E-state index is 0.123. The standard InChI is InChI=1S/C13H18FNO/c14-13-4-2-1-3-12(13)10-15-9-11-5-7-16-8-6-11/h1-4,11,15H,5-10H2. The molecular weight excluding hydrogens is 205 g/mol. The van der Waals surface area contributed by atoms with Crippen LogP contribution in [-0.2, 0) is 11.3 Å². The first-order valence-corrected chi connectivity index (χ1v) is 5.88. The number of rotatable bonds is 4. The van der Waals surface area contributed by atoms with Gasteiger partial charge in [0.2, 0.25) is 0 Å². The molecule has 0 spiro atoms. The first kappa shape index (κ1) is 11.6. The van der Waals surface area contributed by atoms with Crippen molar-refractivity contribution in [1.82, 2.24) is 5.32 Å². The largest absolute Gasteiger partial charge is 0.381 e. The summed E-state index contributed by atoms with van der Waals surface area (Å²) in [5.41, 5.74) is 0.745. The normalized spacial score (nSPS) is 17.6. The highest BCUT2D eigenvalue weighted by Gasteiger charge is 2.13. The molecule has 16 heavy (non-hydrogen) atoms. The van der Waals surface area contributed by atoms with Crippen molar-refractivity contribution >= 4 is 0 Å². The summed E-state index contributed by atoms with van der Waals surface area (Å²) in [6.07, 6.45) is 2.23. The smallest absolute Gasteiger partial charge is 0.127 e. The lowest BCUT2D eigenvalue weighted by Crippen LogP contribution is -2.27. The number of benzene rings is 1. The third-order valence-corrected chi connectivity index (χ3v) is 3.05. The van der Waals surface area contributed by atoms with E-state index in [0.29, 0.717) is 12.5 Å². The van der Waals surface area contributed by atoms with E-state index in [1.807, 2.05) is 12.1 Å². The first-order valence-electron chi connectivity index (χ1n) is 5.88. The maximum Gasteiger partial charge on any atom is 0.127 e. The van der Waals surface area contributed by atoms with Crippen LogP contribution in [0.1, 0.15) is 18.4 Å². The minimum atomic E-state index is -0.123. The van der Waals surface area contributed by atoms with Gasteiger partial charge >= 0.3 is 0 Å². The van der Waals surface area contributed by atoms with Gasteiger partial charge in [-0.3, -0.25) is 0 Å². The van der Waals surface area contributed by atoms with Crippen molar-refractivity contribution in [1.29, 1.82) is 0 Å². The third kappa shape index (κ3) is 3.29. The molecule has 0 bridgehead atoms. The predicted molar refractivity (Wildman–Crippen MR) is 61.6 cm³/mol. The van der Waals surface area contributed by atoms with Crippen LogP contribution in [0.4, 0.5) is 4.39 Å². The van der Waals surface area contributed by atoms with E-state index in [2.05, 4.69) is 5.32 Å². The van der Waals surface area contributed by atoms with Gasteiger partial charge in [-0.15, -0.1) is 0 Å². The molecule has 1 aliphatic heterocycles. The number of hydrogen-bond donors (Lipinski definition) is 1. The van der Waals surface area contributed by atoms with Gasteiger partial charge in [0.25, 0.3) is 0 Å². The molecule has 1 fully saturated rings. The molecule has 1 aromatic rings. The Labute approximate surface area is 95.8 Å². The van der Waals surface area contributed by atoms with Gasteiger partial charge < -0.3 is 10.1 Å². The topological polar surface area (TPSA) is 21.3 Å². The first-order chi connectivity index (χ1) is 7.86. The van der Waals surface area contributed by atoms with Gasteiger partial charge in [-0.25, -0.2) is 4.39 Å². The van der Waals surface area contributed by atoms with Crippen molar-refractivity contribution in [3.05, 3.63) is 35.6 Å². The number of halogens is 1. The molecule has 2 rings (SSSR count). The Morgan fingerprint density at radius 3 is 2.75 bits per heavy atom. The van der Waals surface area contributed by atoms with E-state index in [1.165, 1.54) is 6.07 Å². The summed E-state index contributed by atoms with van der Waals surface area (Å²) in [4.78, 5) is 0. The molecule has 1 N–H and O–H groups in total. The van der Waals surface area contributed by atoms with E-state index in [4.69, 9.17) is 4.74 Å². The molecule has 0 aromatic heterocycles. The summed E-state index contributed by atoms with van der Waals surface area (Å²) in [7, 11) is 0. The van der Waals surface area contributed by atoms with E-state index in [1.54, 1.807) is 6.07 Å². The second kappa shape index (κ2) is 5.97. The molecule has 0 saturated carbocycles. The van der Waals surface area contributed by atoms with E-state index in [-0.39, 0.29) is 5.82 Å². The van der Waals surface area contributed by atoms with Crippen molar-refractivity contribution < 1.29 is 9.13 Å². The fourth-order valence-electron chi connectivity index (χ4n) is 2.00. The van der Waals surface area contributed by atoms with Crippen molar-refractivity contribution in [3.8, 4) is 0 Å². The number of hydrogen-bond acceptors (Lipinski definition) is 2. The summed E-state index contributed by atoms with van der Waals surface area (Å²) in [5.74, 6) is 0.558. The van der Waals surface area contributed by atoms with Gasteiger partial charge in [0.15, 0.2) is 0 Å². The molecule has 2 nitrogen and oxygen atoms in total. The zero-order valence-electron chi connectivity index (χ0n) is 9.42. The minimum Gasteiger partial charge on any atom is -0.381 e. The lowest BCUT2D eigenvalue weighted by atomic mass is 10.0. The van der Waals surface area contributed by atoms with Gasteiger partial charge in [-0.1, -0.05) is 18.2 Å². The van der Waals surface area contributed by atoms with Crippen molar-refractivity contribution in [2.75, 3.05) is 19.8 Å². The Bertz CT molecular complexity index is 323. The highest BCUT2D eigenvalue weighted by Crippen LogP contribution is 2.13. The van der Waals surface area contributed by atoms with E-state index in [9.17, 15) is 4.39 Å². The maximum atomic E-state index is 13.3. The zero-order valence-corrected chi connectivity index (χ0v) is 9.42. The van der Waals surface area contributed by atoms with Crippen molar-refractivity contribution in [2.45, 2.75) is 19.4 Å². The number of ether oxygens (including phenoxy) is 1. The van der Waals surface area contributed by atoms with Crippen LogP contribution in [0, 0.1) is 11.7 Å². The molecule has 0 atom stereocenters. The monoisotopic (exact) mass is 223 g/mol. The van der Waals surface area contributed by atoms with Crippen LogP contribution in [0.2, 0.25) is 0 Å². The van der Waals surface area contributed by atoms with Gasteiger partial charge in [0.05, 0.1) is 0 Å². The molecule has 0 amide bonds. The quantitative estimate of drug-likeness (QED) is 0.846. The fourth-order valence-corrected chi connectivity index (χ4v) is 2.00. The maximum absolute atomic E-state index is 13.3. The van der Waals surface area contributed by atoms with E-state index in [0.717, 1.165) is 38.2 Å². The Hall–Kier alpha value is -0.930. The van der Waals surface area contributed by atoms with Gasteiger partial charge in [-0.05, 0) is 31.4 Å². The van der Waals surface area contributed by atoms with Gasteiger partial charge in [0.1, 0.15) is 5.82 Å². The fraction of sp³-hybridized carbons (Fsp3) is 0.538. The molecule has 1 saturated heterocycles. The summed E-state index contributed by atoms with van der Waals surface area (Å²) >= 11 is 0. The molecule has 1 aliphatic rings. The van der Waals surface area contributed by atoms with Crippen LogP contribution in [0.15, 0.2) is 24.3 Å². The van der Waals surface area contributed by atoms with Gasteiger partial charge in [0, 0.05) is 25.3 Å². The van der Waals surface area contributed by atoms with Crippen LogP contribution in [-0.4, -0.2) is 19.8 Å². The van der Waals surface area contributed by atoms with Crippen LogP contribution < -0.4 is 5.32 Å². The predicted octanol–water partition coefficient (Wildman–Crippen LogP) is 2.34. The second-order valence-electron chi connectivity index (χ2n) is 4.28. The third-order valence-electron chi connectivity index (χ3n) is 3.05. The zero-order chi connectivity index (χ0) is 11.2. The summed E-state index contributed by atoms with van der Waals surface area (Å²) in [6.45, 7) is 3.31. The van der Waals surface area contributed by atoms with Crippen molar-refractivity contribution in [2.24, 2.45) is 5.92 Å². The summed E-state index contributed by atoms with van der Waals surface area (Å²) in [5, 5.41) is 3.32. The Morgan fingerprint density at radius 2 is 2.00 bits per heavy atom. The van der Waals surface area contributed by atoms with Gasteiger partial charge in [-0.2, -0.15) is 0 Å². The molecule has 0 radical (unpaired) electrons.